The van der Waals surface area contributed by atoms with Crippen LogP contribution in [0.15, 0.2) is 48.5 Å². The van der Waals surface area contributed by atoms with Gasteiger partial charge in [-0.1, -0.05) is 48.5 Å². The number of nitriles is 2. The normalized spacial score (nSPS) is 9.43. The fraction of sp³-hybridized carbons (Fsp3) is 0.176. The summed E-state index contributed by atoms with van der Waals surface area (Å²) in [5.41, 5.74) is 4.15. The molecule has 0 aromatic heterocycles. The molecule has 104 valence electrons. The summed E-state index contributed by atoms with van der Waals surface area (Å²) in [5.74, 6) is 0. The van der Waals surface area contributed by atoms with Gasteiger partial charge in [-0.25, -0.2) is 0 Å². The van der Waals surface area contributed by atoms with Crippen LogP contribution in [0.1, 0.15) is 22.3 Å². The highest BCUT2D eigenvalue weighted by Gasteiger charge is 2.07. The Balaban J connectivity index is 2.22. The van der Waals surface area contributed by atoms with E-state index in [2.05, 4.69) is 0 Å². The summed E-state index contributed by atoms with van der Waals surface area (Å²) in [4.78, 5) is 0. The van der Waals surface area contributed by atoms with E-state index in [0.29, 0.717) is 6.42 Å². The molecule has 2 rings (SSSR count). The van der Waals surface area contributed by atoms with Crippen LogP contribution in [0.25, 0.3) is 0 Å². The Morgan fingerprint density at radius 3 is 1.43 bits per heavy atom. The van der Waals surface area contributed by atoms with Crippen molar-refractivity contribution in [2.24, 2.45) is 0 Å². The maximum absolute atomic E-state index is 8.53. The van der Waals surface area contributed by atoms with Crippen molar-refractivity contribution in [3.8, 4) is 12.5 Å². The Morgan fingerprint density at radius 2 is 1.05 bits per heavy atom. The maximum Gasteiger partial charge on any atom is 0.286 e. The van der Waals surface area contributed by atoms with Crippen LogP contribution in [0, 0.1) is 23.0 Å². The first-order chi connectivity index (χ1) is 10.3. The largest absolute Gasteiger partial charge is 0.423 e. The number of ether oxygens (including phenoxy) is 2. The SMILES string of the molecule is N#COCc1ccccc1Cc1ccccc1COC#N. The highest BCUT2D eigenvalue weighted by molar-refractivity contribution is 5.36. The van der Waals surface area contributed by atoms with Crippen LogP contribution < -0.4 is 0 Å². The number of hydrogen-bond acceptors (Lipinski definition) is 4. The molecule has 0 saturated heterocycles. The number of nitrogens with zero attached hydrogens (tertiary/aromatic N) is 2. The Labute approximate surface area is 123 Å². The molecule has 2 aromatic rings. The monoisotopic (exact) mass is 278 g/mol. The van der Waals surface area contributed by atoms with Crippen molar-refractivity contribution in [2.75, 3.05) is 0 Å². The van der Waals surface area contributed by atoms with Gasteiger partial charge in [0, 0.05) is 0 Å². The van der Waals surface area contributed by atoms with Crippen LogP contribution in [0.4, 0.5) is 0 Å². The molecule has 21 heavy (non-hydrogen) atoms. The van der Waals surface area contributed by atoms with Gasteiger partial charge < -0.3 is 9.47 Å². The van der Waals surface area contributed by atoms with Crippen LogP contribution >= 0.6 is 0 Å². The van der Waals surface area contributed by atoms with Crippen molar-refractivity contribution in [3.63, 3.8) is 0 Å². The molecule has 0 unspecified atom stereocenters. The van der Waals surface area contributed by atoms with E-state index in [9.17, 15) is 0 Å². The van der Waals surface area contributed by atoms with Crippen molar-refractivity contribution in [1.82, 2.24) is 0 Å². The molecule has 0 spiro atoms. The first-order valence-electron chi connectivity index (χ1n) is 6.50. The van der Waals surface area contributed by atoms with Crippen molar-refractivity contribution < 1.29 is 9.47 Å². The highest BCUT2D eigenvalue weighted by Crippen LogP contribution is 2.19. The summed E-state index contributed by atoms with van der Waals surface area (Å²) >= 11 is 0. The summed E-state index contributed by atoms with van der Waals surface area (Å²) in [6.07, 6.45) is 4.09. The fourth-order valence-electron chi connectivity index (χ4n) is 2.17. The summed E-state index contributed by atoms with van der Waals surface area (Å²) in [6, 6.07) is 15.7. The number of benzene rings is 2. The Bertz CT molecular complexity index is 624. The Hall–Kier alpha value is -2.98. The van der Waals surface area contributed by atoms with Crippen LogP contribution in [0.5, 0.6) is 0 Å². The second-order valence-electron chi connectivity index (χ2n) is 4.47. The summed E-state index contributed by atoms with van der Waals surface area (Å²) < 4.78 is 9.66. The van der Waals surface area contributed by atoms with E-state index >= 15 is 0 Å². The van der Waals surface area contributed by atoms with Crippen LogP contribution in [0.2, 0.25) is 0 Å². The molecule has 0 aliphatic rings. The molecule has 0 heterocycles. The van der Waals surface area contributed by atoms with Crippen molar-refractivity contribution in [1.29, 1.82) is 10.5 Å². The Morgan fingerprint density at radius 1 is 0.667 bits per heavy atom. The Kier molecular flexibility index (Phi) is 5.20. The zero-order chi connectivity index (χ0) is 14.9. The fourth-order valence-corrected chi connectivity index (χ4v) is 2.17. The van der Waals surface area contributed by atoms with Gasteiger partial charge in [0.05, 0.1) is 0 Å². The van der Waals surface area contributed by atoms with Gasteiger partial charge in [0.2, 0.25) is 0 Å². The third kappa shape index (κ3) is 3.99. The van der Waals surface area contributed by atoms with Crippen molar-refractivity contribution in [2.45, 2.75) is 19.6 Å². The molecule has 0 N–H and O–H groups in total. The standard InChI is InChI=1S/C17H14N2O2/c18-12-20-10-16-7-3-1-5-14(16)9-15-6-2-4-8-17(15)11-21-13-19/h1-8H,9-11H2. The molecule has 2 aromatic carbocycles. The predicted molar refractivity (Wildman–Crippen MR) is 76.5 cm³/mol. The minimum atomic E-state index is 0.267. The lowest BCUT2D eigenvalue weighted by Gasteiger charge is -2.11. The van der Waals surface area contributed by atoms with Gasteiger partial charge in [-0.3, -0.25) is 0 Å². The first-order valence-corrected chi connectivity index (χ1v) is 6.50. The second-order valence-corrected chi connectivity index (χ2v) is 4.47. The topological polar surface area (TPSA) is 66.0 Å². The molecular weight excluding hydrogens is 264 g/mol. The molecule has 0 aliphatic heterocycles. The van der Waals surface area contributed by atoms with Crippen LogP contribution in [0.3, 0.4) is 0 Å². The molecule has 4 nitrogen and oxygen atoms in total. The average Bonchev–Trinajstić information content (AvgIpc) is 2.53. The van der Waals surface area contributed by atoms with Gasteiger partial charge in [0.25, 0.3) is 12.5 Å². The molecule has 0 bridgehead atoms. The van der Waals surface area contributed by atoms with Crippen LogP contribution in [-0.4, -0.2) is 0 Å². The van der Waals surface area contributed by atoms with Gasteiger partial charge in [-0.2, -0.15) is 10.5 Å². The summed E-state index contributed by atoms with van der Waals surface area (Å²) in [6.45, 7) is 0.535. The van der Waals surface area contributed by atoms with Gasteiger partial charge in [-0.05, 0) is 28.7 Å². The molecule has 0 radical (unpaired) electrons. The molecule has 0 fully saturated rings. The molecular formula is C17H14N2O2. The van der Waals surface area contributed by atoms with E-state index in [-0.39, 0.29) is 13.2 Å². The zero-order valence-electron chi connectivity index (χ0n) is 11.5. The minimum absolute atomic E-state index is 0.267. The third-order valence-corrected chi connectivity index (χ3v) is 3.20. The van der Waals surface area contributed by atoms with Gasteiger partial charge in [-0.15, -0.1) is 0 Å². The quantitative estimate of drug-likeness (QED) is 0.760. The average molecular weight is 278 g/mol. The predicted octanol–water partition coefficient (Wildman–Crippen LogP) is 3.27. The first kappa shape index (κ1) is 14.4. The lowest BCUT2D eigenvalue weighted by Crippen LogP contribution is -2.00. The van der Waals surface area contributed by atoms with Crippen molar-refractivity contribution >= 4 is 0 Å². The lowest BCUT2D eigenvalue weighted by atomic mass is 9.97. The minimum Gasteiger partial charge on any atom is -0.423 e. The second kappa shape index (κ2) is 7.57. The van der Waals surface area contributed by atoms with Crippen LogP contribution in [-0.2, 0) is 29.1 Å². The van der Waals surface area contributed by atoms with E-state index in [0.717, 1.165) is 22.3 Å². The van der Waals surface area contributed by atoms with E-state index in [4.69, 9.17) is 20.0 Å². The van der Waals surface area contributed by atoms with Gasteiger partial charge >= 0.3 is 0 Å². The molecule has 0 atom stereocenters. The van der Waals surface area contributed by atoms with E-state index in [1.807, 2.05) is 48.5 Å². The smallest absolute Gasteiger partial charge is 0.286 e. The molecule has 4 heteroatoms. The zero-order valence-corrected chi connectivity index (χ0v) is 11.5. The summed E-state index contributed by atoms with van der Waals surface area (Å²) in [7, 11) is 0. The van der Waals surface area contributed by atoms with Gasteiger partial charge in [0.1, 0.15) is 13.2 Å². The van der Waals surface area contributed by atoms with Gasteiger partial charge in [0.15, 0.2) is 0 Å². The summed E-state index contributed by atoms with van der Waals surface area (Å²) in [5, 5.41) is 17.1. The highest BCUT2D eigenvalue weighted by atomic mass is 16.5. The maximum atomic E-state index is 8.53. The molecule has 0 aliphatic carbocycles. The van der Waals surface area contributed by atoms with Crippen molar-refractivity contribution in [3.05, 3.63) is 70.8 Å². The van der Waals surface area contributed by atoms with E-state index in [1.165, 1.54) is 0 Å². The molecule has 0 saturated carbocycles. The number of rotatable bonds is 6. The lowest BCUT2D eigenvalue weighted by molar-refractivity contribution is 0.255. The number of hydrogen-bond donors (Lipinski definition) is 0. The van der Waals surface area contributed by atoms with E-state index in [1.54, 1.807) is 12.5 Å². The van der Waals surface area contributed by atoms with E-state index < -0.39 is 0 Å². The third-order valence-electron chi connectivity index (χ3n) is 3.20. The molecule has 0 amide bonds.